The first-order valence-corrected chi connectivity index (χ1v) is 11.3. The van der Waals surface area contributed by atoms with Crippen molar-refractivity contribution in [2.24, 2.45) is 0 Å². The maximum Gasteiger partial charge on any atom is 0.433 e. The molecule has 4 nitrogen and oxygen atoms in total. The van der Waals surface area contributed by atoms with Crippen molar-refractivity contribution in [3.63, 3.8) is 0 Å². The summed E-state index contributed by atoms with van der Waals surface area (Å²) in [6, 6.07) is 16.1. The number of anilines is 2. The second-order valence-electron chi connectivity index (χ2n) is 8.43. The van der Waals surface area contributed by atoms with Crippen molar-refractivity contribution in [2.45, 2.75) is 43.9 Å². The molecule has 0 spiro atoms. The molecule has 0 unspecified atom stereocenters. The highest BCUT2D eigenvalue weighted by atomic mass is 35.5. The van der Waals surface area contributed by atoms with E-state index < -0.39 is 11.9 Å². The predicted octanol–water partition coefficient (Wildman–Crippen LogP) is 7.29. The lowest BCUT2D eigenvalue weighted by Crippen LogP contribution is -2.32. The van der Waals surface area contributed by atoms with Gasteiger partial charge in [0, 0.05) is 45.5 Å². The summed E-state index contributed by atoms with van der Waals surface area (Å²) in [7, 11) is 0. The summed E-state index contributed by atoms with van der Waals surface area (Å²) in [5.74, 6) is 0. The summed E-state index contributed by atoms with van der Waals surface area (Å²) < 4.78 is 40.1. The van der Waals surface area contributed by atoms with Crippen LogP contribution in [0.4, 0.5) is 24.5 Å². The normalized spacial score (nSPS) is 19.0. The molecule has 0 bridgehead atoms. The van der Waals surface area contributed by atoms with Crippen molar-refractivity contribution >= 4 is 44.8 Å². The zero-order valence-corrected chi connectivity index (χ0v) is 18.4. The molecule has 1 aliphatic rings. The first-order valence-electron chi connectivity index (χ1n) is 10.9. The lowest BCUT2D eigenvalue weighted by molar-refractivity contribution is -0.140. The van der Waals surface area contributed by atoms with E-state index in [4.69, 9.17) is 11.6 Å². The molecule has 5 rings (SSSR count). The number of rotatable bonds is 4. The topological polar surface area (TPSA) is 49.8 Å². The van der Waals surface area contributed by atoms with E-state index >= 15 is 0 Å². The molecule has 2 aromatic carbocycles. The average molecular weight is 471 g/mol. The van der Waals surface area contributed by atoms with Gasteiger partial charge in [0.1, 0.15) is 5.69 Å². The summed E-state index contributed by atoms with van der Waals surface area (Å²) in [6.07, 6.45) is 0.796. The number of nitrogens with one attached hydrogen (secondary N) is 2. The van der Waals surface area contributed by atoms with Crippen LogP contribution in [-0.2, 0) is 6.18 Å². The van der Waals surface area contributed by atoms with Gasteiger partial charge in [0.05, 0.1) is 11.0 Å². The number of fused-ring (bicyclic) bond motifs is 2. The third-order valence-electron chi connectivity index (χ3n) is 6.16. The molecule has 2 N–H and O–H groups in total. The SMILES string of the molecule is FC(F)(F)c1cc(NC2CCC(Nc3ccnc4cc(Cl)ccc34)CC2)c2ccccc2n1. The molecule has 1 fully saturated rings. The third kappa shape index (κ3) is 4.69. The van der Waals surface area contributed by atoms with Gasteiger partial charge in [0.15, 0.2) is 0 Å². The van der Waals surface area contributed by atoms with Crippen molar-refractivity contribution in [1.82, 2.24) is 9.97 Å². The van der Waals surface area contributed by atoms with Crippen LogP contribution in [0.1, 0.15) is 31.4 Å². The van der Waals surface area contributed by atoms with Crippen molar-refractivity contribution in [3.8, 4) is 0 Å². The van der Waals surface area contributed by atoms with E-state index in [1.807, 2.05) is 30.3 Å². The highest BCUT2D eigenvalue weighted by Crippen LogP contribution is 2.35. The van der Waals surface area contributed by atoms with Gasteiger partial charge in [-0.1, -0.05) is 29.8 Å². The number of hydrogen-bond donors (Lipinski definition) is 2. The molecule has 2 aromatic heterocycles. The minimum atomic E-state index is -4.49. The second kappa shape index (κ2) is 8.71. The van der Waals surface area contributed by atoms with E-state index in [0.29, 0.717) is 21.6 Å². The fourth-order valence-electron chi connectivity index (χ4n) is 4.51. The van der Waals surface area contributed by atoms with Gasteiger partial charge in [-0.2, -0.15) is 13.2 Å². The Hall–Kier alpha value is -3.06. The van der Waals surface area contributed by atoms with Gasteiger partial charge in [0.25, 0.3) is 0 Å². The van der Waals surface area contributed by atoms with Crippen LogP contribution >= 0.6 is 11.6 Å². The molecule has 1 saturated carbocycles. The molecule has 0 radical (unpaired) electrons. The van der Waals surface area contributed by atoms with Crippen molar-refractivity contribution in [2.75, 3.05) is 10.6 Å². The first kappa shape index (κ1) is 21.8. The van der Waals surface area contributed by atoms with E-state index in [-0.39, 0.29) is 12.1 Å². The largest absolute Gasteiger partial charge is 0.433 e. The van der Waals surface area contributed by atoms with E-state index in [1.165, 1.54) is 0 Å². The molecule has 8 heteroatoms. The highest BCUT2D eigenvalue weighted by molar-refractivity contribution is 6.31. The summed E-state index contributed by atoms with van der Waals surface area (Å²) in [5.41, 5.74) is 1.82. The van der Waals surface area contributed by atoms with Crippen molar-refractivity contribution in [1.29, 1.82) is 0 Å². The fourth-order valence-corrected chi connectivity index (χ4v) is 4.68. The lowest BCUT2D eigenvalue weighted by atomic mass is 9.90. The van der Waals surface area contributed by atoms with Crippen LogP contribution in [0.3, 0.4) is 0 Å². The Kier molecular flexibility index (Phi) is 5.74. The number of nitrogens with zero attached hydrogens (tertiary/aromatic N) is 2. The van der Waals surface area contributed by atoms with Crippen LogP contribution in [0.15, 0.2) is 60.8 Å². The average Bonchev–Trinajstić information content (AvgIpc) is 2.79. The molecule has 2 heterocycles. The van der Waals surface area contributed by atoms with E-state index in [0.717, 1.165) is 48.3 Å². The monoisotopic (exact) mass is 470 g/mol. The van der Waals surface area contributed by atoms with E-state index in [2.05, 4.69) is 20.6 Å². The quantitative estimate of drug-likeness (QED) is 0.329. The number of aromatic nitrogens is 2. The summed E-state index contributed by atoms with van der Waals surface area (Å²) in [5, 5.41) is 9.35. The van der Waals surface area contributed by atoms with Crippen LogP contribution < -0.4 is 10.6 Å². The van der Waals surface area contributed by atoms with Gasteiger partial charge in [0.2, 0.25) is 0 Å². The summed E-state index contributed by atoms with van der Waals surface area (Å²) >= 11 is 6.08. The van der Waals surface area contributed by atoms with Crippen LogP contribution in [0.2, 0.25) is 5.02 Å². The Balaban J connectivity index is 1.29. The predicted molar refractivity (Wildman–Crippen MR) is 127 cm³/mol. The third-order valence-corrected chi connectivity index (χ3v) is 6.39. The van der Waals surface area contributed by atoms with Gasteiger partial charge in [-0.3, -0.25) is 4.98 Å². The Morgan fingerprint density at radius 1 is 0.788 bits per heavy atom. The minimum Gasteiger partial charge on any atom is -0.382 e. The van der Waals surface area contributed by atoms with Gasteiger partial charge >= 0.3 is 6.18 Å². The minimum absolute atomic E-state index is 0.0999. The van der Waals surface area contributed by atoms with Crippen LogP contribution in [0.25, 0.3) is 21.8 Å². The lowest BCUT2D eigenvalue weighted by Gasteiger charge is -2.31. The second-order valence-corrected chi connectivity index (χ2v) is 8.86. The molecule has 0 saturated heterocycles. The Labute approximate surface area is 194 Å². The maximum absolute atomic E-state index is 13.4. The first-order chi connectivity index (χ1) is 15.9. The van der Waals surface area contributed by atoms with Gasteiger partial charge in [-0.25, -0.2) is 4.98 Å². The summed E-state index contributed by atoms with van der Waals surface area (Å²) in [4.78, 5) is 8.19. The number of alkyl halides is 3. The van der Waals surface area contributed by atoms with E-state index in [1.54, 1.807) is 24.4 Å². The molecule has 4 aromatic rings. The number of pyridine rings is 2. The Bertz CT molecular complexity index is 1300. The smallest absolute Gasteiger partial charge is 0.382 e. The zero-order valence-electron chi connectivity index (χ0n) is 17.7. The van der Waals surface area contributed by atoms with Crippen LogP contribution in [0, 0.1) is 0 Å². The van der Waals surface area contributed by atoms with Gasteiger partial charge in [-0.15, -0.1) is 0 Å². The van der Waals surface area contributed by atoms with Crippen molar-refractivity contribution < 1.29 is 13.2 Å². The number of para-hydroxylation sites is 1. The molecule has 170 valence electrons. The number of hydrogen-bond acceptors (Lipinski definition) is 4. The summed E-state index contributed by atoms with van der Waals surface area (Å²) in [6.45, 7) is 0. The highest BCUT2D eigenvalue weighted by Gasteiger charge is 2.33. The Morgan fingerprint density at radius 3 is 2.18 bits per heavy atom. The molecular formula is C25H22ClF3N4. The van der Waals surface area contributed by atoms with Crippen LogP contribution in [-0.4, -0.2) is 22.1 Å². The fraction of sp³-hybridized carbons (Fsp3) is 0.280. The molecule has 0 atom stereocenters. The van der Waals surface area contributed by atoms with E-state index in [9.17, 15) is 13.2 Å². The molecule has 0 amide bonds. The zero-order chi connectivity index (χ0) is 23.0. The Morgan fingerprint density at radius 2 is 1.45 bits per heavy atom. The number of halogens is 4. The molecular weight excluding hydrogens is 449 g/mol. The van der Waals surface area contributed by atoms with Crippen molar-refractivity contribution in [3.05, 3.63) is 71.5 Å². The number of benzene rings is 2. The van der Waals surface area contributed by atoms with Gasteiger partial charge < -0.3 is 10.6 Å². The maximum atomic E-state index is 13.4. The van der Waals surface area contributed by atoms with Crippen LogP contribution in [0.5, 0.6) is 0 Å². The standard InChI is InChI=1S/C25H22ClF3N4/c26-15-5-10-19-21(11-12-30-22(19)13-15)31-16-6-8-17(9-7-16)32-23-14-24(25(27,28)29)33-20-4-2-1-3-18(20)23/h1-5,10-14,16-17H,6-9H2,(H,30,31)(H,32,33). The molecule has 0 aliphatic heterocycles. The molecule has 33 heavy (non-hydrogen) atoms. The van der Waals surface area contributed by atoms with Gasteiger partial charge in [-0.05, 0) is 62.1 Å². The molecule has 1 aliphatic carbocycles.